The molecular formula is C14H14O4. The minimum absolute atomic E-state index is 0.0268. The monoisotopic (exact) mass is 246 g/mol. The van der Waals surface area contributed by atoms with E-state index in [2.05, 4.69) is 0 Å². The summed E-state index contributed by atoms with van der Waals surface area (Å²) in [7, 11) is 0. The summed E-state index contributed by atoms with van der Waals surface area (Å²) >= 11 is 0. The fourth-order valence-corrected chi connectivity index (χ4v) is 1.92. The quantitative estimate of drug-likeness (QED) is 0.880. The zero-order valence-electron chi connectivity index (χ0n) is 9.89. The predicted octanol–water partition coefficient (Wildman–Crippen LogP) is 3.06. The first-order valence-electron chi connectivity index (χ1n) is 6.06. The lowest BCUT2D eigenvalue weighted by molar-refractivity contribution is 0.0665. The average molecular weight is 246 g/mol. The molecule has 0 unspecified atom stereocenters. The first-order valence-corrected chi connectivity index (χ1v) is 6.06. The summed E-state index contributed by atoms with van der Waals surface area (Å²) in [6.45, 7) is 1.39. The molecule has 1 saturated carbocycles. The van der Waals surface area contributed by atoms with E-state index in [9.17, 15) is 4.79 Å². The van der Waals surface area contributed by atoms with Gasteiger partial charge in [0.05, 0.1) is 6.61 Å². The summed E-state index contributed by atoms with van der Waals surface area (Å²) in [5.74, 6) is -0.319. The number of carboxylic acids is 1. The highest BCUT2D eigenvalue weighted by Crippen LogP contribution is 2.29. The third-order valence-electron chi connectivity index (χ3n) is 3.11. The molecule has 2 aromatic rings. The molecule has 0 spiro atoms. The van der Waals surface area contributed by atoms with Gasteiger partial charge >= 0.3 is 5.97 Å². The van der Waals surface area contributed by atoms with Crippen LogP contribution in [-0.4, -0.2) is 17.7 Å². The number of ether oxygens (including phenoxy) is 1. The van der Waals surface area contributed by atoms with Gasteiger partial charge in [-0.1, -0.05) is 6.07 Å². The largest absolute Gasteiger partial charge is 0.475 e. The fraction of sp³-hybridized carbons (Fsp3) is 0.357. The van der Waals surface area contributed by atoms with Crippen LogP contribution in [0, 0.1) is 5.92 Å². The lowest BCUT2D eigenvalue weighted by Crippen LogP contribution is -1.96. The number of carboxylic acid groups (broad SMARTS) is 1. The standard InChI is InChI=1S/C14H14O4/c15-14(16)13-6-11-5-10(3-4-12(11)18-13)8-17-7-9-1-2-9/h3-6,9H,1-2,7-8H2,(H,15,16). The molecule has 0 radical (unpaired) electrons. The Morgan fingerprint density at radius 2 is 2.22 bits per heavy atom. The maximum Gasteiger partial charge on any atom is 0.371 e. The Morgan fingerprint density at radius 3 is 2.94 bits per heavy atom. The van der Waals surface area contributed by atoms with E-state index in [0.29, 0.717) is 12.2 Å². The van der Waals surface area contributed by atoms with E-state index in [-0.39, 0.29) is 5.76 Å². The van der Waals surface area contributed by atoms with Crippen molar-refractivity contribution in [2.45, 2.75) is 19.4 Å². The van der Waals surface area contributed by atoms with Crippen molar-refractivity contribution in [3.8, 4) is 0 Å². The second-order valence-corrected chi connectivity index (χ2v) is 4.75. The van der Waals surface area contributed by atoms with Gasteiger partial charge in [-0.2, -0.15) is 0 Å². The average Bonchev–Trinajstić information content (AvgIpc) is 3.06. The number of benzene rings is 1. The second kappa shape index (κ2) is 4.46. The maximum absolute atomic E-state index is 10.8. The Bertz CT molecular complexity index is 580. The number of fused-ring (bicyclic) bond motifs is 1. The summed E-state index contributed by atoms with van der Waals surface area (Å²) in [5.41, 5.74) is 1.64. The van der Waals surface area contributed by atoms with Crippen molar-refractivity contribution >= 4 is 16.9 Å². The fourth-order valence-electron chi connectivity index (χ4n) is 1.92. The van der Waals surface area contributed by atoms with Crippen molar-refractivity contribution in [3.05, 3.63) is 35.6 Å². The molecule has 1 aromatic heterocycles. The van der Waals surface area contributed by atoms with Crippen LogP contribution in [-0.2, 0) is 11.3 Å². The van der Waals surface area contributed by atoms with Crippen LogP contribution in [0.15, 0.2) is 28.7 Å². The van der Waals surface area contributed by atoms with Crippen LogP contribution in [0.5, 0.6) is 0 Å². The van der Waals surface area contributed by atoms with Crippen LogP contribution >= 0.6 is 0 Å². The van der Waals surface area contributed by atoms with Crippen molar-refractivity contribution in [2.24, 2.45) is 5.92 Å². The minimum Gasteiger partial charge on any atom is -0.475 e. The van der Waals surface area contributed by atoms with Crippen LogP contribution in [0.25, 0.3) is 11.0 Å². The Morgan fingerprint density at radius 1 is 1.39 bits per heavy atom. The molecule has 18 heavy (non-hydrogen) atoms. The Kier molecular flexibility index (Phi) is 2.80. The van der Waals surface area contributed by atoms with E-state index in [1.807, 2.05) is 12.1 Å². The zero-order valence-corrected chi connectivity index (χ0v) is 9.89. The summed E-state index contributed by atoms with van der Waals surface area (Å²) < 4.78 is 10.8. The van der Waals surface area contributed by atoms with Gasteiger partial charge in [-0.15, -0.1) is 0 Å². The topological polar surface area (TPSA) is 59.7 Å². The van der Waals surface area contributed by atoms with E-state index in [0.717, 1.165) is 23.5 Å². The molecule has 0 saturated heterocycles. The molecule has 1 aliphatic carbocycles. The molecule has 1 N–H and O–H groups in total. The number of furan rings is 1. The summed E-state index contributed by atoms with van der Waals surface area (Å²) in [6.07, 6.45) is 2.56. The molecule has 1 fully saturated rings. The number of hydrogen-bond donors (Lipinski definition) is 1. The highest BCUT2D eigenvalue weighted by atomic mass is 16.5. The highest BCUT2D eigenvalue weighted by molar-refractivity contribution is 5.91. The van der Waals surface area contributed by atoms with Gasteiger partial charge in [0.1, 0.15) is 5.58 Å². The number of rotatable bonds is 5. The number of carbonyl (C=O) groups is 1. The van der Waals surface area contributed by atoms with E-state index >= 15 is 0 Å². The van der Waals surface area contributed by atoms with Crippen LogP contribution in [0.1, 0.15) is 29.0 Å². The predicted molar refractivity (Wildman–Crippen MR) is 65.6 cm³/mol. The molecular weight excluding hydrogens is 232 g/mol. The van der Waals surface area contributed by atoms with Gasteiger partial charge in [-0.3, -0.25) is 0 Å². The normalized spacial score (nSPS) is 15.1. The van der Waals surface area contributed by atoms with Crippen molar-refractivity contribution in [3.63, 3.8) is 0 Å². The molecule has 3 rings (SSSR count). The first kappa shape index (κ1) is 11.3. The Balaban J connectivity index is 1.74. The van der Waals surface area contributed by atoms with Crippen LogP contribution < -0.4 is 0 Å². The van der Waals surface area contributed by atoms with Gasteiger partial charge in [-0.25, -0.2) is 4.79 Å². The minimum atomic E-state index is -1.04. The van der Waals surface area contributed by atoms with Crippen LogP contribution in [0.3, 0.4) is 0 Å². The van der Waals surface area contributed by atoms with Gasteiger partial charge in [-0.05, 0) is 42.5 Å². The zero-order chi connectivity index (χ0) is 12.5. The molecule has 0 atom stereocenters. The van der Waals surface area contributed by atoms with Crippen molar-refractivity contribution in [1.29, 1.82) is 0 Å². The third-order valence-corrected chi connectivity index (χ3v) is 3.11. The van der Waals surface area contributed by atoms with Crippen molar-refractivity contribution in [2.75, 3.05) is 6.61 Å². The van der Waals surface area contributed by atoms with Gasteiger partial charge in [0.25, 0.3) is 0 Å². The van der Waals surface area contributed by atoms with Gasteiger partial charge < -0.3 is 14.3 Å². The van der Waals surface area contributed by atoms with Gasteiger partial charge in [0, 0.05) is 12.0 Å². The van der Waals surface area contributed by atoms with Crippen molar-refractivity contribution in [1.82, 2.24) is 0 Å². The lowest BCUT2D eigenvalue weighted by atomic mass is 10.2. The Hall–Kier alpha value is -1.81. The van der Waals surface area contributed by atoms with E-state index in [1.54, 1.807) is 12.1 Å². The van der Waals surface area contributed by atoms with E-state index in [1.165, 1.54) is 12.8 Å². The maximum atomic E-state index is 10.8. The first-order chi connectivity index (χ1) is 8.72. The molecule has 0 amide bonds. The molecule has 94 valence electrons. The molecule has 0 aliphatic heterocycles. The van der Waals surface area contributed by atoms with Crippen molar-refractivity contribution < 1.29 is 19.1 Å². The SMILES string of the molecule is O=C(O)c1cc2cc(COCC3CC3)ccc2o1. The van der Waals surface area contributed by atoms with Gasteiger partial charge in [0.15, 0.2) is 0 Å². The molecule has 0 bridgehead atoms. The number of hydrogen-bond acceptors (Lipinski definition) is 3. The molecule has 4 nitrogen and oxygen atoms in total. The molecule has 1 heterocycles. The summed E-state index contributed by atoms with van der Waals surface area (Å²) in [4.78, 5) is 10.8. The van der Waals surface area contributed by atoms with Crippen LogP contribution in [0.4, 0.5) is 0 Å². The summed E-state index contributed by atoms with van der Waals surface area (Å²) in [6, 6.07) is 7.15. The Labute approximate surface area is 104 Å². The lowest BCUT2D eigenvalue weighted by Gasteiger charge is -2.02. The second-order valence-electron chi connectivity index (χ2n) is 4.75. The smallest absolute Gasteiger partial charge is 0.371 e. The van der Waals surface area contributed by atoms with E-state index < -0.39 is 5.97 Å². The molecule has 1 aromatic carbocycles. The van der Waals surface area contributed by atoms with E-state index in [4.69, 9.17) is 14.3 Å². The van der Waals surface area contributed by atoms with Crippen LogP contribution in [0.2, 0.25) is 0 Å². The summed E-state index contributed by atoms with van der Waals surface area (Å²) in [5, 5.41) is 9.65. The molecule has 1 aliphatic rings. The highest BCUT2D eigenvalue weighted by Gasteiger charge is 2.21. The van der Waals surface area contributed by atoms with Gasteiger partial charge in [0.2, 0.25) is 5.76 Å². The molecule has 4 heteroatoms. The third kappa shape index (κ3) is 2.38. The number of aromatic carboxylic acids is 1.